The second-order valence-electron chi connectivity index (χ2n) is 6.08. The zero-order valence-electron chi connectivity index (χ0n) is 12.7. The first kappa shape index (κ1) is 15.0. The summed E-state index contributed by atoms with van der Waals surface area (Å²) in [6.07, 6.45) is 2.77. The van der Waals surface area contributed by atoms with Crippen molar-refractivity contribution < 1.29 is 4.79 Å². The molecule has 0 saturated carbocycles. The Morgan fingerprint density at radius 1 is 1.30 bits per heavy atom. The first-order chi connectivity index (χ1) is 9.65. The molecule has 1 aliphatic heterocycles. The maximum atomic E-state index is 11.8. The Bertz CT molecular complexity index is 442. The Morgan fingerprint density at radius 2 is 2.05 bits per heavy atom. The monoisotopic (exact) mass is 274 g/mol. The summed E-state index contributed by atoms with van der Waals surface area (Å²) in [5.74, 6) is 0.832. The van der Waals surface area contributed by atoms with Crippen molar-refractivity contribution in [2.75, 3.05) is 19.6 Å². The molecule has 1 heterocycles. The molecule has 3 nitrogen and oxygen atoms in total. The van der Waals surface area contributed by atoms with E-state index in [0.717, 1.165) is 39.0 Å². The van der Waals surface area contributed by atoms with Gasteiger partial charge in [0, 0.05) is 32.6 Å². The topological polar surface area (TPSA) is 32.3 Å². The van der Waals surface area contributed by atoms with Crippen LogP contribution < -0.4 is 5.32 Å². The van der Waals surface area contributed by atoms with Crippen LogP contribution in [0.5, 0.6) is 0 Å². The minimum Gasteiger partial charge on any atom is -0.356 e. The number of fused-ring (bicyclic) bond motifs is 1. The van der Waals surface area contributed by atoms with Crippen LogP contribution in [0.25, 0.3) is 0 Å². The Hall–Kier alpha value is -1.35. The van der Waals surface area contributed by atoms with Gasteiger partial charge in [0.25, 0.3) is 0 Å². The minimum absolute atomic E-state index is 0.185. The largest absolute Gasteiger partial charge is 0.356 e. The number of rotatable bonds is 6. The molecule has 0 unspecified atom stereocenters. The van der Waals surface area contributed by atoms with Crippen LogP contribution in [0.4, 0.5) is 0 Å². The number of carbonyl (C=O) groups is 1. The summed E-state index contributed by atoms with van der Waals surface area (Å²) in [6, 6.07) is 8.62. The van der Waals surface area contributed by atoms with Crippen molar-refractivity contribution in [2.45, 2.75) is 39.7 Å². The van der Waals surface area contributed by atoms with E-state index >= 15 is 0 Å². The second kappa shape index (κ2) is 7.44. The third-order valence-electron chi connectivity index (χ3n) is 3.91. The third kappa shape index (κ3) is 4.64. The molecule has 0 atom stereocenters. The van der Waals surface area contributed by atoms with Gasteiger partial charge in [-0.15, -0.1) is 0 Å². The second-order valence-corrected chi connectivity index (χ2v) is 6.08. The number of amides is 1. The molecule has 0 spiro atoms. The van der Waals surface area contributed by atoms with Crippen molar-refractivity contribution in [3.8, 4) is 0 Å². The summed E-state index contributed by atoms with van der Waals surface area (Å²) in [7, 11) is 0. The third-order valence-corrected chi connectivity index (χ3v) is 3.91. The number of carbonyl (C=O) groups excluding carboxylic acids is 1. The van der Waals surface area contributed by atoms with Crippen LogP contribution in [0.15, 0.2) is 24.3 Å². The summed E-state index contributed by atoms with van der Waals surface area (Å²) in [6.45, 7) is 8.07. The lowest BCUT2D eigenvalue weighted by atomic mass is 10.00. The fourth-order valence-electron chi connectivity index (χ4n) is 2.59. The standard InChI is InChI=1S/C17H26N2O/c1-14(2)7-10-18-17(20)9-12-19-11-8-15-5-3-4-6-16(15)13-19/h3-6,14H,7-13H2,1-2H3,(H,18,20). The summed E-state index contributed by atoms with van der Waals surface area (Å²) < 4.78 is 0. The van der Waals surface area contributed by atoms with E-state index in [1.165, 1.54) is 11.1 Å². The predicted molar refractivity (Wildman–Crippen MR) is 82.5 cm³/mol. The summed E-state index contributed by atoms with van der Waals surface area (Å²) in [5.41, 5.74) is 2.88. The molecule has 1 N–H and O–H groups in total. The van der Waals surface area contributed by atoms with E-state index in [-0.39, 0.29) is 5.91 Å². The van der Waals surface area contributed by atoms with Gasteiger partial charge in [-0.25, -0.2) is 0 Å². The van der Waals surface area contributed by atoms with Gasteiger partial charge < -0.3 is 5.32 Å². The molecule has 0 aliphatic carbocycles. The highest BCUT2D eigenvalue weighted by Gasteiger charge is 2.16. The van der Waals surface area contributed by atoms with E-state index in [1.54, 1.807) is 0 Å². The average Bonchev–Trinajstić information content (AvgIpc) is 2.44. The molecule has 110 valence electrons. The molecule has 0 saturated heterocycles. The maximum absolute atomic E-state index is 11.8. The van der Waals surface area contributed by atoms with Crippen molar-refractivity contribution in [3.63, 3.8) is 0 Å². The van der Waals surface area contributed by atoms with Crippen LogP contribution in [0.1, 0.15) is 37.8 Å². The van der Waals surface area contributed by atoms with E-state index in [9.17, 15) is 4.79 Å². The van der Waals surface area contributed by atoms with Crippen LogP contribution in [-0.2, 0) is 17.8 Å². The molecule has 1 aromatic carbocycles. The van der Waals surface area contributed by atoms with Gasteiger partial charge in [0.05, 0.1) is 0 Å². The van der Waals surface area contributed by atoms with Crippen LogP contribution in [0.2, 0.25) is 0 Å². The SMILES string of the molecule is CC(C)CCNC(=O)CCN1CCc2ccccc2C1. The lowest BCUT2D eigenvalue weighted by Crippen LogP contribution is -2.34. The lowest BCUT2D eigenvalue weighted by molar-refractivity contribution is -0.121. The maximum Gasteiger partial charge on any atom is 0.221 e. The molecule has 0 aromatic heterocycles. The molecular formula is C17H26N2O. The molecular weight excluding hydrogens is 248 g/mol. The summed E-state index contributed by atoms with van der Waals surface area (Å²) in [4.78, 5) is 14.2. The number of hydrogen-bond donors (Lipinski definition) is 1. The van der Waals surface area contributed by atoms with Crippen LogP contribution in [0, 0.1) is 5.92 Å². The van der Waals surface area contributed by atoms with Crippen molar-refractivity contribution in [2.24, 2.45) is 5.92 Å². The normalized spacial score (nSPS) is 15.2. The van der Waals surface area contributed by atoms with E-state index < -0.39 is 0 Å². The quantitative estimate of drug-likeness (QED) is 0.865. The molecule has 1 aromatic rings. The number of hydrogen-bond acceptors (Lipinski definition) is 2. The number of nitrogens with one attached hydrogen (secondary N) is 1. The van der Waals surface area contributed by atoms with Gasteiger partial charge in [-0.2, -0.15) is 0 Å². The smallest absolute Gasteiger partial charge is 0.221 e. The highest BCUT2D eigenvalue weighted by Crippen LogP contribution is 2.18. The zero-order chi connectivity index (χ0) is 14.4. The molecule has 1 amide bonds. The van der Waals surface area contributed by atoms with Crippen molar-refractivity contribution in [3.05, 3.63) is 35.4 Å². The summed E-state index contributed by atoms with van der Waals surface area (Å²) in [5, 5.41) is 3.01. The van der Waals surface area contributed by atoms with Gasteiger partial charge in [-0.1, -0.05) is 38.1 Å². The Labute approximate surface area is 122 Å². The first-order valence-corrected chi connectivity index (χ1v) is 7.71. The van der Waals surface area contributed by atoms with E-state index in [4.69, 9.17) is 0 Å². The number of benzene rings is 1. The van der Waals surface area contributed by atoms with E-state index in [2.05, 4.69) is 48.3 Å². The van der Waals surface area contributed by atoms with Crippen molar-refractivity contribution in [1.82, 2.24) is 10.2 Å². The lowest BCUT2D eigenvalue weighted by Gasteiger charge is -2.28. The molecule has 0 fully saturated rings. The van der Waals surface area contributed by atoms with Crippen molar-refractivity contribution in [1.29, 1.82) is 0 Å². The molecule has 2 rings (SSSR count). The van der Waals surface area contributed by atoms with Gasteiger partial charge >= 0.3 is 0 Å². The number of nitrogens with zero attached hydrogens (tertiary/aromatic N) is 1. The van der Waals surface area contributed by atoms with Crippen LogP contribution in [0.3, 0.4) is 0 Å². The van der Waals surface area contributed by atoms with Gasteiger partial charge in [-0.3, -0.25) is 9.69 Å². The fourth-order valence-corrected chi connectivity index (χ4v) is 2.59. The van der Waals surface area contributed by atoms with Gasteiger partial charge in [0.15, 0.2) is 0 Å². The first-order valence-electron chi connectivity index (χ1n) is 7.71. The van der Waals surface area contributed by atoms with E-state index in [1.807, 2.05) is 0 Å². The van der Waals surface area contributed by atoms with E-state index in [0.29, 0.717) is 12.3 Å². The van der Waals surface area contributed by atoms with Gasteiger partial charge in [0.2, 0.25) is 5.91 Å². The molecule has 0 radical (unpaired) electrons. The average molecular weight is 274 g/mol. The highest BCUT2D eigenvalue weighted by molar-refractivity contribution is 5.76. The Balaban J connectivity index is 1.69. The minimum atomic E-state index is 0.185. The zero-order valence-corrected chi connectivity index (χ0v) is 12.7. The van der Waals surface area contributed by atoms with Crippen molar-refractivity contribution >= 4 is 5.91 Å². The predicted octanol–water partition coefficient (Wildman–Crippen LogP) is 2.60. The molecule has 20 heavy (non-hydrogen) atoms. The Morgan fingerprint density at radius 3 is 2.80 bits per heavy atom. The van der Waals surface area contributed by atoms with Crippen LogP contribution in [-0.4, -0.2) is 30.4 Å². The van der Waals surface area contributed by atoms with Gasteiger partial charge in [-0.05, 0) is 29.9 Å². The Kier molecular flexibility index (Phi) is 5.60. The van der Waals surface area contributed by atoms with Crippen LogP contribution >= 0.6 is 0 Å². The summed E-state index contributed by atoms with van der Waals surface area (Å²) >= 11 is 0. The molecule has 0 bridgehead atoms. The van der Waals surface area contributed by atoms with Gasteiger partial charge in [0.1, 0.15) is 0 Å². The highest BCUT2D eigenvalue weighted by atomic mass is 16.1. The molecule has 3 heteroatoms. The molecule has 1 aliphatic rings. The fraction of sp³-hybridized carbons (Fsp3) is 0.588.